The van der Waals surface area contributed by atoms with Crippen LogP contribution in [0.2, 0.25) is 5.02 Å². The van der Waals surface area contributed by atoms with E-state index in [0.717, 1.165) is 12.0 Å². The average molecular weight is 370 g/mol. The number of carbonyl (C=O) groups excluding carboxylic acids is 1. The van der Waals surface area contributed by atoms with Crippen molar-refractivity contribution in [2.45, 2.75) is 32.9 Å². The molecule has 0 saturated carbocycles. The molecular formula is C20H20ClN3O2. The number of aromatic nitrogens is 2. The highest BCUT2D eigenvalue weighted by Gasteiger charge is 2.12. The standard InChI is InChI=1S/C20H20ClN3O2/c1-3-14-4-6-15(7-5-14)13(2)23-19(25)11-24-12-22-18-9-8-16(21)10-17(18)20(24)26/h4-10,12-13H,3,11H2,1-2H3,(H,23,25)/t13-/m1/s1. The smallest absolute Gasteiger partial charge is 0.261 e. The fourth-order valence-electron chi connectivity index (χ4n) is 2.81. The molecule has 1 N–H and O–H groups in total. The summed E-state index contributed by atoms with van der Waals surface area (Å²) in [5.74, 6) is -0.248. The van der Waals surface area contributed by atoms with Gasteiger partial charge in [-0.25, -0.2) is 4.98 Å². The molecule has 26 heavy (non-hydrogen) atoms. The van der Waals surface area contributed by atoms with E-state index < -0.39 is 0 Å². The average Bonchev–Trinajstić information content (AvgIpc) is 2.64. The Morgan fingerprint density at radius 2 is 1.96 bits per heavy atom. The van der Waals surface area contributed by atoms with Crippen molar-refractivity contribution < 1.29 is 4.79 Å². The lowest BCUT2D eigenvalue weighted by Crippen LogP contribution is -2.34. The second-order valence-corrected chi connectivity index (χ2v) is 6.66. The number of halogens is 1. The quantitative estimate of drug-likeness (QED) is 0.748. The summed E-state index contributed by atoms with van der Waals surface area (Å²) >= 11 is 5.95. The lowest BCUT2D eigenvalue weighted by Gasteiger charge is -2.15. The molecule has 1 amide bonds. The molecule has 6 heteroatoms. The van der Waals surface area contributed by atoms with Gasteiger partial charge in [-0.05, 0) is 42.7 Å². The number of rotatable bonds is 5. The molecule has 3 aromatic rings. The summed E-state index contributed by atoms with van der Waals surface area (Å²) in [6, 6.07) is 12.9. The summed E-state index contributed by atoms with van der Waals surface area (Å²) in [6.45, 7) is 3.93. The Labute approximate surface area is 156 Å². The second kappa shape index (κ2) is 7.70. The summed E-state index contributed by atoms with van der Waals surface area (Å²) in [5, 5.41) is 3.78. The van der Waals surface area contributed by atoms with Crippen LogP contribution in [0.4, 0.5) is 0 Å². The van der Waals surface area contributed by atoms with Gasteiger partial charge in [-0.15, -0.1) is 0 Å². The first-order valence-corrected chi connectivity index (χ1v) is 8.88. The summed E-state index contributed by atoms with van der Waals surface area (Å²) in [6.07, 6.45) is 2.36. The fourth-order valence-corrected chi connectivity index (χ4v) is 2.98. The molecule has 1 heterocycles. The summed E-state index contributed by atoms with van der Waals surface area (Å²) < 4.78 is 1.29. The highest BCUT2D eigenvalue weighted by Crippen LogP contribution is 2.15. The van der Waals surface area contributed by atoms with Crippen molar-refractivity contribution in [2.24, 2.45) is 0 Å². The van der Waals surface area contributed by atoms with Crippen molar-refractivity contribution in [1.82, 2.24) is 14.9 Å². The fraction of sp³-hybridized carbons (Fsp3) is 0.250. The minimum absolute atomic E-state index is 0.0916. The molecule has 1 atom stereocenters. The number of hydrogen-bond donors (Lipinski definition) is 1. The van der Waals surface area contributed by atoms with Crippen LogP contribution >= 0.6 is 11.6 Å². The number of fused-ring (bicyclic) bond motifs is 1. The van der Waals surface area contributed by atoms with Gasteiger partial charge in [0.25, 0.3) is 5.56 Å². The Morgan fingerprint density at radius 1 is 1.23 bits per heavy atom. The first kappa shape index (κ1) is 18.1. The molecule has 0 spiro atoms. The predicted octanol–water partition coefficient (Wildman–Crippen LogP) is 3.49. The second-order valence-electron chi connectivity index (χ2n) is 6.22. The molecule has 0 aliphatic carbocycles. The monoisotopic (exact) mass is 369 g/mol. The molecule has 2 aromatic carbocycles. The van der Waals surface area contributed by atoms with Crippen LogP contribution in [0.25, 0.3) is 10.9 Å². The Balaban J connectivity index is 1.74. The molecule has 3 rings (SSSR count). The number of nitrogens with zero attached hydrogens (tertiary/aromatic N) is 2. The number of hydrogen-bond acceptors (Lipinski definition) is 3. The Kier molecular flexibility index (Phi) is 5.38. The molecule has 0 bridgehead atoms. The van der Waals surface area contributed by atoms with Crippen LogP contribution < -0.4 is 10.9 Å². The van der Waals surface area contributed by atoms with Crippen molar-refractivity contribution in [3.63, 3.8) is 0 Å². The van der Waals surface area contributed by atoms with Crippen LogP contribution in [0.5, 0.6) is 0 Å². The van der Waals surface area contributed by atoms with Gasteiger partial charge in [-0.3, -0.25) is 14.2 Å². The maximum absolute atomic E-state index is 12.5. The minimum atomic E-state index is -0.285. The maximum atomic E-state index is 12.5. The van der Waals surface area contributed by atoms with E-state index in [0.29, 0.717) is 15.9 Å². The number of amides is 1. The Hall–Kier alpha value is -2.66. The molecule has 5 nitrogen and oxygen atoms in total. The van der Waals surface area contributed by atoms with Gasteiger partial charge in [0.1, 0.15) is 6.54 Å². The van der Waals surface area contributed by atoms with Crippen LogP contribution in [0.1, 0.15) is 31.0 Å². The van der Waals surface area contributed by atoms with E-state index in [4.69, 9.17) is 11.6 Å². The topological polar surface area (TPSA) is 64.0 Å². The highest BCUT2D eigenvalue weighted by atomic mass is 35.5. The van der Waals surface area contributed by atoms with Gasteiger partial charge in [0.2, 0.25) is 5.91 Å². The third-order valence-corrected chi connectivity index (χ3v) is 4.60. The van der Waals surface area contributed by atoms with Crippen LogP contribution in [0.15, 0.2) is 53.6 Å². The number of nitrogens with one attached hydrogen (secondary N) is 1. The summed E-state index contributed by atoms with van der Waals surface area (Å²) in [5.41, 5.74) is 2.54. The van der Waals surface area contributed by atoms with Crippen molar-refractivity contribution in [3.05, 3.63) is 75.3 Å². The van der Waals surface area contributed by atoms with Crippen molar-refractivity contribution >= 4 is 28.4 Å². The Morgan fingerprint density at radius 3 is 2.65 bits per heavy atom. The largest absolute Gasteiger partial charge is 0.348 e. The van der Waals surface area contributed by atoms with E-state index in [1.165, 1.54) is 16.5 Å². The summed E-state index contributed by atoms with van der Waals surface area (Å²) in [7, 11) is 0. The van der Waals surface area contributed by atoms with E-state index >= 15 is 0 Å². The normalized spacial score (nSPS) is 12.1. The molecular weight excluding hydrogens is 350 g/mol. The van der Waals surface area contributed by atoms with Crippen LogP contribution in [-0.2, 0) is 17.8 Å². The lowest BCUT2D eigenvalue weighted by molar-refractivity contribution is -0.122. The third-order valence-electron chi connectivity index (χ3n) is 4.37. The first-order valence-electron chi connectivity index (χ1n) is 8.51. The third kappa shape index (κ3) is 3.94. The molecule has 0 aliphatic heterocycles. The zero-order chi connectivity index (χ0) is 18.7. The van der Waals surface area contributed by atoms with Crippen molar-refractivity contribution in [2.75, 3.05) is 0 Å². The van der Waals surface area contributed by atoms with E-state index in [-0.39, 0.29) is 24.1 Å². The summed E-state index contributed by atoms with van der Waals surface area (Å²) in [4.78, 5) is 29.1. The van der Waals surface area contributed by atoms with Crippen molar-refractivity contribution in [3.8, 4) is 0 Å². The van der Waals surface area contributed by atoms with Crippen molar-refractivity contribution in [1.29, 1.82) is 0 Å². The van der Waals surface area contributed by atoms with E-state index in [9.17, 15) is 9.59 Å². The van der Waals surface area contributed by atoms with Crippen LogP contribution in [0.3, 0.4) is 0 Å². The van der Waals surface area contributed by atoms with Gasteiger partial charge < -0.3 is 5.32 Å². The Bertz CT molecular complexity index is 996. The van der Waals surface area contributed by atoms with Gasteiger partial charge >= 0.3 is 0 Å². The zero-order valence-electron chi connectivity index (χ0n) is 14.7. The minimum Gasteiger partial charge on any atom is -0.348 e. The zero-order valence-corrected chi connectivity index (χ0v) is 15.5. The van der Waals surface area contributed by atoms with Crippen LogP contribution in [0, 0.1) is 0 Å². The van der Waals surface area contributed by atoms with Gasteiger partial charge in [-0.1, -0.05) is 42.8 Å². The number of aryl methyl sites for hydroxylation is 1. The molecule has 0 fully saturated rings. The number of carbonyl (C=O) groups is 1. The molecule has 134 valence electrons. The van der Waals surface area contributed by atoms with Gasteiger partial charge in [0.05, 0.1) is 23.3 Å². The van der Waals surface area contributed by atoms with Gasteiger partial charge in [0, 0.05) is 5.02 Å². The van der Waals surface area contributed by atoms with E-state index in [1.807, 2.05) is 19.1 Å². The highest BCUT2D eigenvalue weighted by molar-refractivity contribution is 6.31. The first-order chi connectivity index (χ1) is 12.5. The molecule has 0 radical (unpaired) electrons. The van der Waals surface area contributed by atoms with E-state index in [2.05, 4.69) is 29.4 Å². The predicted molar refractivity (Wildman–Crippen MR) is 103 cm³/mol. The van der Waals surface area contributed by atoms with Gasteiger partial charge in [-0.2, -0.15) is 0 Å². The molecule has 1 aromatic heterocycles. The molecule has 0 saturated heterocycles. The maximum Gasteiger partial charge on any atom is 0.261 e. The SMILES string of the molecule is CCc1ccc([C@@H](C)NC(=O)Cn2cnc3ccc(Cl)cc3c2=O)cc1. The van der Waals surface area contributed by atoms with Crippen LogP contribution in [-0.4, -0.2) is 15.5 Å². The number of benzene rings is 2. The van der Waals surface area contributed by atoms with Gasteiger partial charge in [0.15, 0.2) is 0 Å². The van der Waals surface area contributed by atoms with E-state index in [1.54, 1.807) is 18.2 Å². The molecule has 0 aliphatic rings. The lowest BCUT2D eigenvalue weighted by atomic mass is 10.1. The molecule has 0 unspecified atom stereocenters.